The number of rotatable bonds is 5. The number of nitrogens with one attached hydrogen (secondary N) is 1. The molecule has 5 rings (SSSR count). The van der Waals surface area contributed by atoms with E-state index in [1.807, 2.05) is 42.5 Å². The quantitative estimate of drug-likeness (QED) is 0.293. The smallest absolute Gasteiger partial charge is 0.229 e. The monoisotopic (exact) mass is 478 g/mol. The first-order valence-corrected chi connectivity index (χ1v) is 11.4. The largest absolute Gasteiger partial charge is 0.436 e. The first kappa shape index (κ1) is 23.4. The van der Waals surface area contributed by atoms with Crippen molar-refractivity contribution in [3.05, 3.63) is 60.7 Å². The number of nitrogens with zero attached hydrogens (tertiary/aromatic N) is 1. The summed E-state index contributed by atoms with van der Waals surface area (Å²) in [5.41, 5.74) is 2.43. The molecule has 1 aliphatic heterocycles. The van der Waals surface area contributed by atoms with Crippen molar-refractivity contribution in [2.75, 3.05) is 11.9 Å². The summed E-state index contributed by atoms with van der Waals surface area (Å²) in [6, 6.07) is 19.0. The number of oxazole rings is 1. The minimum absolute atomic E-state index is 0.462. The fourth-order valence-corrected chi connectivity index (χ4v) is 4.40. The Labute approximate surface area is 200 Å². The molecule has 1 aromatic heterocycles. The number of aromatic nitrogens is 1. The van der Waals surface area contributed by atoms with Crippen LogP contribution in [-0.4, -0.2) is 68.4 Å². The van der Waals surface area contributed by atoms with E-state index in [1.165, 1.54) is 6.92 Å². The van der Waals surface area contributed by atoms with E-state index in [0.29, 0.717) is 22.7 Å². The van der Waals surface area contributed by atoms with Crippen molar-refractivity contribution in [3.63, 3.8) is 0 Å². The van der Waals surface area contributed by atoms with Gasteiger partial charge in [0.25, 0.3) is 0 Å². The molecule has 1 unspecified atom stereocenters. The van der Waals surface area contributed by atoms with Crippen molar-refractivity contribution >= 4 is 33.5 Å². The molecule has 3 aromatic carbocycles. The van der Waals surface area contributed by atoms with Gasteiger partial charge in [-0.25, -0.2) is 4.98 Å². The zero-order valence-corrected chi connectivity index (χ0v) is 18.9. The van der Waals surface area contributed by atoms with Gasteiger partial charge in [-0.15, -0.1) is 0 Å². The molecule has 2 heterocycles. The number of fused-ring (bicyclic) bond motifs is 2. The predicted molar refractivity (Wildman–Crippen MR) is 129 cm³/mol. The minimum Gasteiger partial charge on any atom is -0.436 e. The third kappa shape index (κ3) is 4.40. The maximum absolute atomic E-state index is 12.9. The van der Waals surface area contributed by atoms with Gasteiger partial charge in [-0.1, -0.05) is 37.3 Å². The second-order valence-corrected chi connectivity index (χ2v) is 8.83. The van der Waals surface area contributed by atoms with Gasteiger partial charge in [0, 0.05) is 11.3 Å². The van der Waals surface area contributed by atoms with Gasteiger partial charge in [0.2, 0.25) is 11.8 Å². The van der Waals surface area contributed by atoms with Crippen LogP contribution in [0.4, 0.5) is 5.69 Å². The molecule has 0 radical (unpaired) electrons. The van der Waals surface area contributed by atoms with Gasteiger partial charge >= 0.3 is 0 Å². The zero-order valence-electron chi connectivity index (χ0n) is 18.9. The first-order valence-electron chi connectivity index (χ1n) is 11.4. The highest BCUT2D eigenvalue weighted by Gasteiger charge is 2.46. The molecule has 9 nitrogen and oxygen atoms in total. The summed E-state index contributed by atoms with van der Waals surface area (Å²) in [4.78, 5) is 17.4. The Hall–Kier alpha value is -3.34. The normalized spacial score (nSPS) is 25.6. The summed E-state index contributed by atoms with van der Waals surface area (Å²) >= 11 is 0. The van der Waals surface area contributed by atoms with Gasteiger partial charge in [0.15, 0.2) is 5.58 Å². The standard InChI is InChI=1S/C26H26N2O7/c1-13(24-23(32)22(31)21(30)20(12-29)34-24)25(33)27-17-8-9-19-18(11-17)28-26(35-19)16-7-6-14-4-2-3-5-15(14)10-16/h2-11,13,20-24,29-32H,12H2,1H3,(H,27,33)/t13?,20-,21+,22+,23-,24+/m1/s1. The highest BCUT2D eigenvalue weighted by Crippen LogP contribution is 2.30. The van der Waals surface area contributed by atoms with Crippen molar-refractivity contribution in [2.24, 2.45) is 5.92 Å². The number of aliphatic hydroxyl groups is 4. The van der Waals surface area contributed by atoms with Crippen LogP contribution in [0.3, 0.4) is 0 Å². The highest BCUT2D eigenvalue weighted by atomic mass is 16.5. The van der Waals surface area contributed by atoms with Crippen molar-refractivity contribution < 1.29 is 34.4 Å². The van der Waals surface area contributed by atoms with Gasteiger partial charge in [-0.05, 0) is 41.1 Å². The molecule has 35 heavy (non-hydrogen) atoms. The Morgan fingerprint density at radius 3 is 2.54 bits per heavy atom. The number of hydrogen-bond donors (Lipinski definition) is 5. The summed E-state index contributed by atoms with van der Waals surface area (Å²) in [5, 5.41) is 44.6. The average molecular weight is 479 g/mol. The van der Waals surface area contributed by atoms with Crippen molar-refractivity contribution in [1.82, 2.24) is 4.98 Å². The van der Waals surface area contributed by atoms with Crippen LogP contribution in [-0.2, 0) is 9.53 Å². The van der Waals surface area contributed by atoms with E-state index < -0.39 is 49.0 Å². The number of anilines is 1. The van der Waals surface area contributed by atoms with Crippen LogP contribution < -0.4 is 5.32 Å². The Bertz CT molecular complexity index is 1370. The molecular weight excluding hydrogens is 452 g/mol. The molecule has 9 heteroatoms. The maximum atomic E-state index is 12.9. The Kier molecular flexibility index (Phi) is 6.26. The lowest BCUT2D eigenvalue weighted by Crippen LogP contribution is -2.61. The zero-order chi connectivity index (χ0) is 24.7. The Balaban J connectivity index is 1.34. The number of benzene rings is 3. The van der Waals surface area contributed by atoms with Crippen LogP contribution in [0.25, 0.3) is 33.3 Å². The first-order chi connectivity index (χ1) is 16.9. The second-order valence-electron chi connectivity index (χ2n) is 8.83. The van der Waals surface area contributed by atoms with E-state index in [1.54, 1.807) is 18.2 Å². The molecule has 1 amide bonds. The molecule has 0 saturated carbocycles. The van der Waals surface area contributed by atoms with Crippen LogP contribution in [0.15, 0.2) is 65.1 Å². The molecule has 4 aromatic rings. The molecule has 1 fully saturated rings. The lowest BCUT2D eigenvalue weighted by atomic mass is 9.88. The number of carbonyl (C=O) groups is 1. The number of aliphatic hydroxyl groups excluding tert-OH is 4. The van der Waals surface area contributed by atoms with Gasteiger partial charge < -0.3 is 34.9 Å². The van der Waals surface area contributed by atoms with Gasteiger partial charge in [0.1, 0.15) is 29.9 Å². The van der Waals surface area contributed by atoms with E-state index in [4.69, 9.17) is 9.15 Å². The van der Waals surface area contributed by atoms with Crippen molar-refractivity contribution in [1.29, 1.82) is 0 Å². The molecule has 0 aliphatic carbocycles. The fraction of sp³-hybridized carbons (Fsp3) is 0.308. The fourth-order valence-electron chi connectivity index (χ4n) is 4.40. The topological polar surface area (TPSA) is 145 Å². The SMILES string of the molecule is CC(C(=O)Nc1ccc2oc(-c3ccc4ccccc4c3)nc2c1)[C@@H]1O[C@H](CO)[C@H](O)[C@H](O)[C@H]1O. The maximum Gasteiger partial charge on any atom is 0.229 e. The summed E-state index contributed by atoms with van der Waals surface area (Å²) in [7, 11) is 0. The molecule has 6 atom stereocenters. The molecule has 1 aliphatic rings. The predicted octanol–water partition coefficient (Wildman–Crippen LogP) is 2.07. The minimum atomic E-state index is -1.54. The summed E-state index contributed by atoms with van der Waals surface area (Å²) in [5.74, 6) is -0.891. The third-order valence-electron chi connectivity index (χ3n) is 6.49. The molecule has 182 valence electrons. The molecule has 0 bridgehead atoms. The van der Waals surface area contributed by atoms with Gasteiger partial charge in [0.05, 0.1) is 18.6 Å². The van der Waals surface area contributed by atoms with Gasteiger partial charge in [-0.2, -0.15) is 0 Å². The van der Waals surface area contributed by atoms with E-state index in [0.717, 1.165) is 16.3 Å². The summed E-state index contributed by atoms with van der Waals surface area (Å²) in [6.45, 7) is 0.979. The molecule has 1 saturated heterocycles. The average Bonchev–Trinajstić information content (AvgIpc) is 3.30. The van der Waals surface area contributed by atoms with Crippen LogP contribution >= 0.6 is 0 Å². The number of hydrogen-bond acceptors (Lipinski definition) is 8. The Morgan fingerprint density at radius 1 is 1.00 bits per heavy atom. The molecule has 5 N–H and O–H groups in total. The van der Waals surface area contributed by atoms with Crippen molar-refractivity contribution in [2.45, 2.75) is 37.4 Å². The number of ether oxygens (including phenoxy) is 1. The lowest BCUT2D eigenvalue weighted by molar-refractivity contribution is -0.238. The molecule has 0 spiro atoms. The molecular formula is C26H26N2O7. The number of amides is 1. The van der Waals surface area contributed by atoms with Crippen LogP contribution in [0.5, 0.6) is 0 Å². The van der Waals surface area contributed by atoms with Gasteiger partial charge in [-0.3, -0.25) is 4.79 Å². The van der Waals surface area contributed by atoms with E-state index in [9.17, 15) is 25.2 Å². The number of carbonyl (C=O) groups excluding carboxylic acids is 1. The summed E-state index contributed by atoms with van der Waals surface area (Å²) < 4.78 is 11.4. The highest BCUT2D eigenvalue weighted by molar-refractivity contribution is 5.95. The second kappa shape index (κ2) is 9.37. The van der Waals surface area contributed by atoms with E-state index >= 15 is 0 Å². The summed E-state index contributed by atoms with van der Waals surface area (Å²) in [6.07, 6.45) is -6.69. The van der Waals surface area contributed by atoms with E-state index in [-0.39, 0.29) is 0 Å². The third-order valence-corrected chi connectivity index (χ3v) is 6.49. The van der Waals surface area contributed by atoms with Crippen LogP contribution in [0.1, 0.15) is 6.92 Å². The van der Waals surface area contributed by atoms with Crippen LogP contribution in [0, 0.1) is 5.92 Å². The Morgan fingerprint density at radius 2 is 1.77 bits per heavy atom. The van der Waals surface area contributed by atoms with Crippen LogP contribution in [0.2, 0.25) is 0 Å². The van der Waals surface area contributed by atoms with Crippen molar-refractivity contribution in [3.8, 4) is 11.5 Å². The van der Waals surface area contributed by atoms with E-state index in [2.05, 4.69) is 10.3 Å². The lowest BCUT2D eigenvalue weighted by Gasteiger charge is -2.41.